The number of piperazine rings is 1. The Bertz CT molecular complexity index is 1120. The van der Waals surface area contributed by atoms with Gasteiger partial charge in [-0.2, -0.15) is 0 Å². The van der Waals surface area contributed by atoms with Crippen LogP contribution in [0.15, 0.2) is 36.7 Å². The quantitative estimate of drug-likeness (QED) is 0.646. The maximum Gasteiger partial charge on any atom is 0.513 e. The van der Waals surface area contributed by atoms with E-state index in [2.05, 4.69) is 33.5 Å². The fourth-order valence-corrected chi connectivity index (χ4v) is 4.27. The van der Waals surface area contributed by atoms with Crippen molar-refractivity contribution in [1.29, 1.82) is 0 Å². The summed E-state index contributed by atoms with van der Waals surface area (Å²) in [5.74, 6) is 1.24. The van der Waals surface area contributed by atoms with Crippen LogP contribution in [0, 0.1) is 0 Å². The van der Waals surface area contributed by atoms with E-state index in [1.54, 1.807) is 13.0 Å². The molecule has 1 N–H and O–H groups in total. The van der Waals surface area contributed by atoms with Crippen LogP contribution in [0.4, 0.5) is 10.6 Å². The van der Waals surface area contributed by atoms with Crippen LogP contribution >= 0.6 is 0 Å². The maximum atomic E-state index is 12.0. The van der Waals surface area contributed by atoms with Gasteiger partial charge < -0.3 is 24.3 Å². The minimum Gasteiger partial charge on any atom is -0.437 e. The molecule has 2 atom stereocenters. The minimum absolute atomic E-state index is 0.0950. The number of aromatic amines is 1. The molecule has 9 heteroatoms. The molecule has 162 valence electrons. The largest absolute Gasteiger partial charge is 0.513 e. The van der Waals surface area contributed by atoms with E-state index in [1.165, 1.54) is 13.3 Å². The van der Waals surface area contributed by atoms with Crippen molar-refractivity contribution in [3.05, 3.63) is 36.7 Å². The third kappa shape index (κ3) is 4.03. The fraction of sp³-hybridized carbons (Fsp3) is 0.364. The average Bonchev–Trinajstić information content (AvgIpc) is 3.16. The molecule has 9 nitrogen and oxygen atoms in total. The van der Waals surface area contributed by atoms with E-state index in [-0.39, 0.29) is 18.0 Å². The number of methoxy groups -OCH3 is 1. The second-order valence-corrected chi connectivity index (χ2v) is 7.74. The van der Waals surface area contributed by atoms with Crippen molar-refractivity contribution in [3.63, 3.8) is 0 Å². The zero-order valence-electron chi connectivity index (χ0n) is 18.0. The maximum absolute atomic E-state index is 12.0. The molecule has 0 aromatic carbocycles. The Morgan fingerprint density at radius 3 is 2.61 bits per heavy atom. The SMILES string of the molecule is COC(=O)Oc1cnc2[nH]cc(-c3cccc(N4CC(C)N(C(C)=O)C(C)C4)n3)c2c1. The standard InChI is InChI=1S/C22H25N5O4/c1-13-11-26(12-14(2)27(13)15(3)28)20-7-5-6-19(25-20)18-10-24-21-17(18)8-16(9-23-21)31-22(29)30-4/h5-10,13-14H,11-12H2,1-4H3,(H,23,24). The zero-order chi connectivity index (χ0) is 22.1. The Labute approximate surface area is 180 Å². The predicted molar refractivity (Wildman–Crippen MR) is 116 cm³/mol. The van der Waals surface area contributed by atoms with Gasteiger partial charge in [0.1, 0.15) is 11.5 Å². The summed E-state index contributed by atoms with van der Waals surface area (Å²) < 4.78 is 9.65. The highest BCUT2D eigenvalue weighted by atomic mass is 16.7. The number of hydrogen-bond donors (Lipinski definition) is 1. The van der Waals surface area contributed by atoms with Gasteiger partial charge in [-0.3, -0.25) is 4.79 Å². The van der Waals surface area contributed by atoms with Gasteiger partial charge in [-0.1, -0.05) is 6.07 Å². The highest BCUT2D eigenvalue weighted by molar-refractivity contribution is 5.93. The Morgan fingerprint density at radius 2 is 1.94 bits per heavy atom. The molecule has 0 bridgehead atoms. The van der Waals surface area contributed by atoms with Crippen molar-refractivity contribution in [2.75, 3.05) is 25.1 Å². The van der Waals surface area contributed by atoms with Crippen molar-refractivity contribution in [2.24, 2.45) is 0 Å². The molecule has 31 heavy (non-hydrogen) atoms. The first-order chi connectivity index (χ1) is 14.9. The number of amides is 1. The molecular formula is C22H25N5O4. The summed E-state index contributed by atoms with van der Waals surface area (Å²) >= 11 is 0. The predicted octanol–water partition coefficient (Wildman–Crippen LogP) is 3.22. The zero-order valence-corrected chi connectivity index (χ0v) is 18.0. The Hall–Kier alpha value is -3.62. The van der Waals surface area contributed by atoms with E-state index in [0.29, 0.717) is 24.5 Å². The van der Waals surface area contributed by atoms with Crippen LogP contribution in [-0.2, 0) is 9.53 Å². The number of carbonyl (C=O) groups excluding carboxylic acids is 2. The number of anilines is 1. The second-order valence-electron chi connectivity index (χ2n) is 7.74. The molecule has 0 radical (unpaired) electrons. The van der Waals surface area contributed by atoms with Gasteiger partial charge in [-0.05, 0) is 32.0 Å². The third-order valence-electron chi connectivity index (χ3n) is 5.49. The second kappa shape index (κ2) is 8.25. The molecule has 1 aliphatic heterocycles. The molecule has 0 aliphatic carbocycles. The summed E-state index contributed by atoms with van der Waals surface area (Å²) in [6.07, 6.45) is 2.50. The van der Waals surface area contributed by atoms with Gasteiger partial charge >= 0.3 is 6.16 Å². The van der Waals surface area contributed by atoms with Crippen LogP contribution in [0.2, 0.25) is 0 Å². The van der Waals surface area contributed by atoms with Crippen LogP contribution < -0.4 is 9.64 Å². The first kappa shape index (κ1) is 20.6. The Morgan fingerprint density at radius 1 is 1.19 bits per heavy atom. The topological polar surface area (TPSA) is 101 Å². The molecule has 0 saturated carbocycles. The molecule has 1 fully saturated rings. The van der Waals surface area contributed by atoms with Gasteiger partial charge in [0.15, 0.2) is 5.75 Å². The number of aromatic nitrogens is 3. The van der Waals surface area contributed by atoms with Gasteiger partial charge in [0.25, 0.3) is 0 Å². The number of ether oxygens (including phenoxy) is 2. The van der Waals surface area contributed by atoms with Crippen molar-refractivity contribution in [1.82, 2.24) is 19.9 Å². The number of rotatable bonds is 3. The molecule has 3 aromatic rings. The van der Waals surface area contributed by atoms with Crippen molar-refractivity contribution >= 4 is 28.9 Å². The van der Waals surface area contributed by atoms with E-state index in [1.807, 2.05) is 29.3 Å². The van der Waals surface area contributed by atoms with Gasteiger partial charge in [0.2, 0.25) is 5.91 Å². The van der Waals surface area contributed by atoms with Crippen molar-refractivity contribution in [3.8, 4) is 17.0 Å². The lowest BCUT2D eigenvalue weighted by Crippen LogP contribution is -2.58. The Balaban J connectivity index is 1.64. The number of carbonyl (C=O) groups is 2. The van der Waals surface area contributed by atoms with Gasteiger partial charge in [-0.15, -0.1) is 0 Å². The molecule has 1 saturated heterocycles. The van der Waals surface area contributed by atoms with Crippen molar-refractivity contribution < 1.29 is 19.1 Å². The number of hydrogen-bond acceptors (Lipinski definition) is 7. The summed E-state index contributed by atoms with van der Waals surface area (Å²) in [4.78, 5) is 39.8. The van der Waals surface area contributed by atoms with Gasteiger partial charge in [0, 0.05) is 49.2 Å². The summed E-state index contributed by atoms with van der Waals surface area (Å²) in [5, 5.41) is 0.786. The van der Waals surface area contributed by atoms with E-state index in [9.17, 15) is 9.59 Å². The normalized spacial score (nSPS) is 18.8. The number of nitrogens with one attached hydrogen (secondary N) is 1. The Kier molecular flexibility index (Phi) is 5.50. The molecule has 2 unspecified atom stereocenters. The first-order valence-electron chi connectivity index (χ1n) is 10.1. The van der Waals surface area contributed by atoms with Gasteiger partial charge in [0.05, 0.1) is 19.0 Å². The third-order valence-corrected chi connectivity index (χ3v) is 5.49. The van der Waals surface area contributed by atoms with Gasteiger partial charge in [-0.25, -0.2) is 14.8 Å². The number of pyridine rings is 2. The van der Waals surface area contributed by atoms with E-state index in [4.69, 9.17) is 9.72 Å². The van der Waals surface area contributed by atoms with E-state index < -0.39 is 6.16 Å². The summed E-state index contributed by atoms with van der Waals surface area (Å²) in [6, 6.07) is 7.80. The molecule has 0 spiro atoms. The molecule has 1 aliphatic rings. The smallest absolute Gasteiger partial charge is 0.437 e. The lowest BCUT2D eigenvalue weighted by Gasteiger charge is -2.44. The van der Waals surface area contributed by atoms with E-state index in [0.717, 1.165) is 22.5 Å². The summed E-state index contributed by atoms with van der Waals surface area (Å²) in [6.45, 7) is 7.16. The number of fused-ring (bicyclic) bond motifs is 1. The van der Waals surface area contributed by atoms with Crippen LogP contribution in [0.3, 0.4) is 0 Å². The molecule has 3 aromatic heterocycles. The molecule has 4 heterocycles. The molecule has 4 rings (SSSR count). The number of nitrogens with zero attached hydrogens (tertiary/aromatic N) is 4. The average molecular weight is 423 g/mol. The fourth-order valence-electron chi connectivity index (χ4n) is 4.27. The lowest BCUT2D eigenvalue weighted by atomic mass is 10.1. The highest BCUT2D eigenvalue weighted by Gasteiger charge is 2.31. The number of H-pyrrole nitrogens is 1. The summed E-state index contributed by atoms with van der Waals surface area (Å²) in [5.41, 5.74) is 2.29. The first-order valence-corrected chi connectivity index (χ1v) is 10.1. The van der Waals surface area contributed by atoms with Crippen LogP contribution in [0.25, 0.3) is 22.3 Å². The van der Waals surface area contributed by atoms with Crippen LogP contribution in [0.5, 0.6) is 5.75 Å². The summed E-state index contributed by atoms with van der Waals surface area (Å²) in [7, 11) is 1.25. The van der Waals surface area contributed by atoms with Crippen molar-refractivity contribution in [2.45, 2.75) is 32.9 Å². The van der Waals surface area contributed by atoms with E-state index >= 15 is 0 Å². The molecule has 1 amide bonds. The lowest BCUT2D eigenvalue weighted by molar-refractivity contribution is -0.133. The van der Waals surface area contributed by atoms with Crippen LogP contribution in [-0.4, -0.2) is 64.2 Å². The highest BCUT2D eigenvalue weighted by Crippen LogP contribution is 2.31. The van der Waals surface area contributed by atoms with Crippen LogP contribution in [0.1, 0.15) is 20.8 Å². The minimum atomic E-state index is -0.800. The molecular weight excluding hydrogens is 398 g/mol. The monoisotopic (exact) mass is 423 g/mol.